The molecule has 8 fully saturated rings. The van der Waals surface area contributed by atoms with Crippen LogP contribution in [0.25, 0.3) is 0 Å². The number of sulfone groups is 1. The van der Waals surface area contributed by atoms with Crippen LogP contribution in [0.4, 0.5) is 0 Å². The van der Waals surface area contributed by atoms with Crippen molar-refractivity contribution >= 4 is 21.8 Å². The Morgan fingerprint density at radius 2 is 1.46 bits per heavy atom. The number of carboxylic acid groups (broad SMARTS) is 1. The highest BCUT2D eigenvalue weighted by Gasteiger charge is 2.72. The van der Waals surface area contributed by atoms with Gasteiger partial charge in [-0.2, -0.15) is 0 Å². The van der Waals surface area contributed by atoms with E-state index in [1.807, 2.05) is 20.8 Å². The van der Waals surface area contributed by atoms with Gasteiger partial charge in [0.15, 0.2) is 9.84 Å². The van der Waals surface area contributed by atoms with Crippen molar-refractivity contribution in [3.8, 4) is 0 Å². The predicted octanol–water partition coefficient (Wildman–Crippen LogP) is 7.74. The Morgan fingerprint density at radius 3 is 2.07 bits per heavy atom. The normalized spacial score (nSPS) is 47.5. The van der Waals surface area contributed by atoms with Crippen LogP contribution < -0.4 is 5.32 Å². The largest absolute Gasteiger partial charge is 0.481 e. The van der Waals surface area contributed by atoms with Crippen LogP contribution in [0.15, 0.2) is 0 Å². The molecular formula is C47H78N2O7S. The maximum Gasteiger partial charge on any atom is 0.309 e. The zero-order valence-electron chi connectivity index (χ0n) is 37.0. The molecule has 8 rings (SSSR count). The first-order valence-corrected chi connectivity index (χ1v) is 25.1. The SMILES string of the molecule is CC(O)C(CCN[C@]12CC[C@@H](C3(C)CC3)[C@@H]1[C@H]1CC[C@@H]3[C@@]4(C)CC[C@H](OC(=O)[C@H]5C[C@@H](C(=O)O)C5(C)C)C(C)(C)[C@@H]4CC[C@@]3(C)[C@]1(C)CC2)N1CCS(=O)(=O)CC1. The molecule has 7 saturated carbocycles. The Morgan fingerprint density at radius 1 is 0.772 bits per heavy atom. The van der Waals surface area contributed by atoms with Crippen molar-refractivity contribution in [2.45, 2.75) is 176 Å². The molecule has 57 heavy (non-hydrogen) atoms. The third-order valence-corrected chi connectivity index (χ3v) is 22.3. The van der Waals surface area contributed by atoms with Crippen LogP contribution in [0.1, 0.15) is 152 Å². The van der Waals surface area contributed by atoms with Gasteiger partial charge >= 0.3 is 11.9 Å². The second-order valence-corrected chi connectivity index (χ2v) is 26.0. The first-order valence-electron chi connectivity index (χ1n) is 23.3. The van der Waals surface area contributed by atoms with Crippen LogP contribution in [0.3, 0.4) is 0 Å². The number of aliphatic carboxylic acids is 1. The van der Waals surface area contributed by atoms with Gasteiger partial charge in [0.2, 0.25) is 0 Å². The van der Waals surface area contributed by atoms with Gasteiger partial charge in [-0.15, -0.1) is 0 Å². The summed E-state index contributed by atoms with van der Waals surface area (Å²) in [6.07, 6.45) is 15.2. The number of nitrogens with one attached hydrogen (secondary N) is 1. The third-order valence-electron chi connectivity index (χ3n) is 20.7. The second-order valence-electron chi connectivity index (χ2n) is 23.6. The smallest absolute Gasteiger partial charge is 0.309 e. The lowest BCUT2D eigenvalue weighted by molar-refractivity contribution is -0.249. The van der Waals surface area contributed by atoms with Gasteiger partial charge in [-0.25, -0.2) is 8.42 Å². The number of carbonyl (C=O) groups excluding carboxylic acids is 1. The molecule has 0 aromatic heterocycles. The summed E-state index contributed by atoms with van der Waals surface area (Å²) < 4.78 is 30.9. The van der Waals surface area contributed by atoms with E-state index in [0.29, 0.717) is 48.6 Å². The maximum atomic E-state index is 13.7. The summed E-state index contributed by atoms with van der Waals surface area (Å²) in [4.78, 5) is 27.7. The average molecular weight is 815 g/mol. The maximum absolute atomic E-state index is 13.7. The van der Waals surface area contributed by atoms with Crippen molar-refractivity contribution in [2.75, 3.05) is 31.1 Å². The molecule has 0 aromatic rings. The standard InChI is InChI=1S/C47H78N2O7S/c1-29(50)34(49-24-26-57(54,55)27-25-49)15-23-48-47-18-12-30(43(6)19-20-43)38(47)31-10-11-36-44(7)16-14-37(56-40(53)33-28-32(39(51)52)41(33,2)3)42(4,5)35(44)13-17-46(36,9)45(31,8)21-22-47/h29-38,48,50H,10-28H2,1-9H3,(H,51,52)/t29?,30-,31-,32+,33-,34?,35+,36-,37+,38-,44+,45-,46-,47+/m1/s1. The lowest BCUT2D eigenvalue weighted by Gasteiger charge is -2.73. The van der Waals surface area contributed by atoms with E-state index in [1.54, 1.807) is 0 Å². The molecule has 14 atom stereocenters. The molecule has 0 amide bonds. The van der Waals surface area contributed by atoms with Gasteiger partial charge in [-0.05, 0) is 160 Å². The molecule has 9 nitrogen and oxygen atoms in total. The highest BCUT2D eigenvalue weighted by molar-refractivity contribution is 7.91. The number of nitrogens with zero attached hydrogens (tertiary/aromatic N) is 1. The van der Waals surface area contributed by atoms with E-state index in [9.17, 15) is 28.2 Å². The molecule has 0 bridgehead atoms. The van der Waals surface area contributed by atoms with Crippen LogP contribution in [0.5, 0.6) is 0 Å². The quantitative estimate of drug-likeness (QED) is 0.190. The summed E-state index contributed by atoms with van der Waals surface area (Å²) in [7, 11) is -2.97. The molecule has 1 saturated heterocycles. The molecule has 0 radical (unpaired) electrons. The molecule has 0 aromatic carbocycles. The van der Waals surface area contributed by atoms with Gasteiger partial charge in [0.05, 0.1) is 29.4 Å². The summed E-state index contributed by atoms with van der Waals surface area (Å²) in [5.74, 6) is 1.70. The Kier molecular flexibility index (Phi) is 10.3. The minimum absolute atomic E-state index is 0.0302. The lowest BCUT2D eigenvalue weighted by atomic mass is 9.32. The predicted molar refractivity (Wildman–Crippen MR) is 223 cm³/mol. The molecule has 10 heteroatoms. The minimum atomic E-state index is -2.97. The van der Waals surface area contributed by atoms with E-state index in [0.717, 1.165) is 38.1 Å². The van der Waals surface area contributed by atoms with Crippen LogP contribution in [-0.4, -0.2) is 90.4 Å². The van der Waals surface area contributed by atoms with Crippen molar-refractivity contribution < 1.29 is 33.0 Å². The summed E-state index contributed by atoms with van der Waals surface area (Å²) in [6.45, 7) is 22.9. The number of carbonyl (C=O) groups is 2. The van der Waals surface area contributed by atoms with Crippen molar-refractivity contribution in [3.05, 3.63) is 0 Å². The summed E-state index contributed by atoms with van der Waals surface area (Å²) in [5, 5.41) is 24.9. The van der Waals surface area contributed by atoms with Gasteiger partial charge in [0, 0.05) is 30.1 Å². The highest BCUT2D eigenvalue weighted by atomic mass is 32.2. The number of hydrogen-bond donors (Lipinski definition) is 3. The van der Waals surface area contributed by atoms with Crippen molar-refractivity contribution in [2.24, 2.45) is 73.9 Å². The van der Waals surface area contributed by atoms with Crippen molar-refractivity contribution in [3.63, 3.8) is 0 Å². The monoisotopic (exact) mass is 815 g/mol. The first-order chi connectivity index (χ1) is 26.5. The molecule has 8 aliphatic rings. The fourth-order valence-corrected chi connectivity index (χ4v) is 17.9. The molecule has 1 aliphatic heterocycles. The van der Waals surface area contributed by atoms with Crippen LogP contribution >= 0.6 is 0 Å². The number of esters is 1. The minimum Gasteiger partial charge on any atom is -0.481 e. The van der Waals surface area contributed by atoms with Crippen LogP contribution in [-0.2, 0) is 24.2 Å². The molecule has 324 valence electrons. The van der Waals surface area contributed by atoms with Crippen molar-refractivity contribution in [1.82, 2.24) is 10.2 Å². The lowest BCUT2D eigenvalue weighted by Crippen LogP contribution is -2.69. The number of hydrogen-bond acceptors (Lipinski definition) is 8. The summed E-state index contributed by atoms with van der Waals surface area (Å²) >= 11 is 0. The Bertz CT molecular complexity index is 1690. The van der Waals surface area contributed by atoms with E-state index in [-0.39, 0.29) is 62.7 Å². The molecular weight excluding hydrogens is 737 g/mol. The van der Waals surface area contributed by atoms with E-state index in [4.69, 9.17) is 4.74 Å². The highest BCUT2D eigenvalue weighted by Crippen LogP contribution is 2.78. The van der Waals surface area contributed by atoms with Crippen molar-refractivity contribution in [1.29, 1.82) is 0 Å². The topological polar surface area (TPSA) is 133 Å². The molecule has 2 unspecified atom stereocenters. The zero-order chi connectivity index (χ0) is 41.4. The number of aliphatic hydroxyl groups excluding tert-OH is 1. The van der Waals surface area contributed by atoms with Crippen LogP contribution in [0, 0.1) is 73.9 Å². The fourth-order valence-electron chi connectivity index (χ4n) is 16.7. The zero-order valence-corrected chi connectivity index (χ0v) is 37.8. The third kappa shape index (κ3) is 6.45. The fraction of sp³-hybridized carbons (Fsp3) is 0.957. The van der Waals surface area contributed by atoms with E-state index >= 15 is 0 Å². The van der Waals surface area contributed by atoms with Gasteiger partial charge < -0.3 is 20.3 Å². The molecule has 0 spiro atoms. The van der Waals surface area contributed by atoms with Gasteiger partial charge in [-0.1, -0.05) is 55.4 Å². The van der Waals surface area contributed by atoms with E-state index in [1.165, 1.54) is 57.8 Å². The van der Waals surface area contributed by atoms with E-state index in [2.05, 4.69) is 51.8 Å². The molecule has 3 N–H and O–H groups in total. The Hall–Kier alpha value is -1.23. The number of aliphatic hydroxyl groups is 1. The summed E-state index contributed by atoms with van der Waals surface area (Å²) in [6, 6.07) is -0.0302. The number of carboxylic acids is 1. The Balaban J connectivity index is 0.998. The summed E-state index contributed by atoms with van der Waals surface area (Å²) in [5.41, 5.74) is 0.501. The van der Waals surface area contributed by atoms with E-state index < -0.39 is 33.2 Å². The molecule has 1 heterocycles. The van der Waals surface area contributed by atoms with Gasteiger partial charge in [-0.3, -0.25) is 14.5 Å². The molecule has 7 aliphatic carbocycles. The van der Waals surface area contributed by atoms with Gasteiger partial charge in [0.1, 0.15) is 6.10 Å². The first kappa shape index (κ1) is 42.5. The Labute approximate surface area is 344 Å². The second kappa shape index (κ2) is 13.9. The average Bonchev–Trinajstić information content (AvgIpc) is 3.74. The number of rotatable bonds is 10. The van der Waals surface area contributed by atoms with Gasteiger partial charge in [0.25, 0.3) is 0 Å². The number of fused-ring (bicyclic) bond motifs is 7. The van der Waals surface area contributed by atoms with Crippen LogP contribution in [0.2, 0.25) is 0 Å². The number of ether oxygens (including phenoxy) is 1.